The van der Waals surface area contributed by atoms with Gasteiger partial charge in [0, 0.05) is 19.1 Å². The summed E-state index contributed by atoms with van der Waals surface area (Å²) in [5.41, 5.74) is 0.640. The largest absolute Gasteiger partial charge is 0.316 e. The molecule has 0 aromatic heterocycles. The third-order valence-electron chi connectivity index (χ3n) is 5.86. The van der Waals surface area contributed by atoms with Gasteiger partial charge in [0.25, 0.3) is 0 Å². The van der Waals surface area contributed by atoms with E-state index in [4.69, 9.17) is 0 Å². The van der Waals surface area contributed by atoms with Crippen LogP contribution in [0.25, 0.3) is 0 Å². The van der Waals surface area contributed by atoms with Crippen molar-refractivity contribution in [1.82, 2.24) is 10.2 Å². The minimum Gasteiger partial charge on any atom is -0.316 e. The van der Waals surface area contributed by atoms with E-state index in [9.17, 15) is 0 Å². The third kappa shape index (κ3) is 2.60. The lowest BCUT2D eigenvalue weighted by Gasteiger charge is -2.47. The van der Waals surface area contributed by atoms with Crippen LogP contribution in [0, 0.1) is 11.3 Å². The van der Waals surface area contributed by atoms with Crippen molar-refractivity contribution < 1.29 is 0 Å². The van der Waals surface area contributed by atoms with Crippen molar-refractivity contribution in [3.63, 3.8) is 0 Å². The van der Waals surface area contributed by atoms with Crippen LogP contribution < -0.4 is 5.32 Å². The molecule has 1 saturated carbocycles. The van der Waals surface area contributed by atoms with Gasteiger partial charge in [0.05, 0.1) is 0 Å². The minimum atomic E-state index is 0.640. The number of hydrogen-bond acceptors (Lipinski definition) is 2. The maximum Gasteiger partial charge on any atom is 0.00982 e. The van der Waals surface area contributed by atoms with Crippen LogP contribution in [0.15, 0.2) is 0 Å². The fourth-order valence-corrected chi connectivity index (χ4v) is 4.69. The van der Waals surface area contributed by atoms with Crippen molar-refractivity contribution in [2.24, 2.45) is 11.3 Å². The highest BCUT2D eigenvalue weighted by Gasteiger charge is 2.39. The summed E-state index contributed by atoms with van der Waals surface area (Å²) in [5, 5.41) is 3.65. The molecular weight excluding hydrogens is 220 g/mol. The van der Waals surface area contributed by atoms with Gasteiger partial charge < -0.3 is 5.32 Å². The summed E-state index contributed by atoms with van der Waals surface area (Å²) in [5.74, 6) is 1.03. The molecule has 3 rings (SSSR count). The van der Waals surface area contributed by atoms with Crippen LogP contribution in [0.3, 0.4) is 0 Å². The average molecular weight is 250 g/mol. The van der Waals surface area contributed by atoms with Crippen molar-refractivity contribution in [1.29, 1.82) is 0 Å². The molecule has 3 aliphatic rings. The maximum absolute atomic E-state index is 3.65. The van der Waals surface area contributed by atoms with E-state index in [0.717, 1.165) is 12.0 Å². The molecule has 1 aliphatic carbocycles. The Kier molecular flexibility index (Phi) is 3.95. The van der Waals surface area contributed by atoms with Gasteiger partial charge in [-0.3, -0.25) is 4.90 Å². The van der Waals surface area contributed by atoms with Gasteiger partial charge in [-0.1, -0.05) is 13.3 Å². The molecule has 2 saturated heterocycles. The molecule has 2 aliphatic heterocycles. The monoisotopic (exact) mass is 250 g/mol. The van der Waals surface area contributed by atoms with E-state index >= 15 is 0 Å². The molecule has 3 unspecified atom stereocenters. The Hall–Kier alpha value is -0.0800. The molecule has 2 heteroatoms. The quantitative estimate of drug-likeness (QED) is 0.810. The lowest BCUT2D eigenvalue weighted by Crippen LogP contribution is -2.53. The Morgan fingerprint density at radius 2 is 2.11 bits per heavy atom. The molecular formula is C16H30N2. The molecule has 104 valence electrons. The van der Waals surface area contributed by atoms with Crippen molar-refractivity contribution in [3.8, 4) is 0 Å². The Morgan fingerprint density at radius 3 is 2.83 bits per heavy atom. The van der Waals surface area contributed by atoms with E-state index in [2.05, 4.69) is 17.1 Å². The maximum atomic E-state index is 3.65. The molecule has 3 atom stereocenters. The second kappa shape index (κ2) is 5.50. The van der Waals surface area contributed by atoms with E-state index in [1.54, 1.807) is 0 Å². The fourth-order valence-electron chi connectivity index (χ4n) is 4.69. The smallest absolute Gasteiger partial charge is 0.00982 e. The van der Waals surface area contributed by atoms with E-state index in [1.807, 2.05) is 0 Å². The van der Waals surface area contributed by atoms with Crippen molar-refractivity contribution in [2.45, 2.75) is 64.3 Å². The summed E-state index contributed by atoms with van der Waals surface area (Å²) >= 11 is 0. The summed E-state index contributed by atoms with van der Waals surface area (Å²) < 4.78 is 0. The number of likely N-dealkylation sites (tertiary alicyclic amines) is 1. The van der Waals surface area contributed by atoms with Crippen molar-refractivity contribution >= 4 is 0 Å². The molecule has 0 amide bonds. The topological polar surface area (TPSA) is 15.3 Å². The minimum absolute atomic E-state index is 0.640. The zero-order chi connectivity index (χ0) is 12.4. The predicted octanol–water partition coefficient (Wildman–Crippen LogP) is 3.03. The molecule has 1 N–H and O–H groups in total. The summed E-state index contributed by atoms with van der Waals surface area (Å²) in [6, 6.07) is 0.925. The summed E-state index contributed by atoms with van der Waals surface area (Å²) in [6.07, 6.45) is 11.6. The van der Waals surface area contributed by atoms with Crippen LogP contribution >= 0.6 is 0 Å². The fraction of sp³-hybridized carbons (Fsp3) is 1.00. The first-order valence-electron chi connectivity index (χ1n) is 8.26. The van der Waals surface area contributed by atoms with Gasteiger partial charge in [0.2, 0.25) is 0 Å². The summed E-state index contributed by atoms with van der Waals surface area (Å²) in [7, 11) is 0. The summed E-state index contributed by atoms with van der Waals surface area (Å²) in [4.78, 5) is 2.87. The predicted molar refractivity (Wildman–Crippen MR) is 76.8 cm³/mol. The molecule has 2 heterocycles. The Bertz CT molecular complexity index is 265. The molecule has 0 bridgehead atoms. The second-order valence-corrected chi connectivity index (χ2v) is 7.10. The first-order chi connectivity index (χ1) is 8.81. The first kappa shape index (κ1) is 12.9. The normalized spacial score (nSPS) is 42.5. The molecule has 3 fully saturated rings. The highest BCUT2D eigenvalue weighted by atomic mass is 15.2. The zero-order valence-electron chi connectivity index (χ0n) is 12.1. The van der Waals surface area contributed by atoms with Gasteiger partial charge in [0.1, 0.15) is 0 Å². The standard InChI is InChI=1S/C16H30N2/c1-2-14-5-6-15(11-14)18-10-4-8-16(13-18)7-3-9-17-12-16/h14-15,17H,2-13H2,1H3. The summed E-state index contributed by atoms with van der Waals surface area (Å²) in [6.45, 7) is 7.68. The third-order valence-corrected chi connectivity index (χ3v) is 5.86. The van der Waals surface area contributed by atoms with Gasteiger partial charge in [-0.2, -0.15) is 0 Å². The van der Waals surface area contributed by atoms with Crippen LogP contribution in [-0.4, -0.2) is 37.1 Å². The lowest BCUT2D eigenvalue weighted by atomic mass is 9.74. The van der Waals surface area contributed by atoms with Gasteiger partial charge in [0.15, 0.2) is 0 Å². The molecule has 2 nitrogen and oxygen atoms in total. The second-order valence-electron chi connectivity index (χ2n) is 7.10. The lowest BCUT2D eigenvalue weighted by molar-refractivity contribution is 0.0379. The van der Waals surface area contributed by atoms with Gasteiger partial charge in [-0.25, -0.2) is 0 Å². The van der Waals surface area contributed by atoms with Crippen molar-refractivity contribution in [3.05, 3.63) is 0 Å². The average Bonchev–Trinajstić information content (AvgIpc) is 2.88. The highest BCUT2D eigenvalue weighted by Crippen LogP contribution is 2.40. The van der Waals surface area contributed by atoms with Crippen LogP contribution in [-0.2, 0) is 0 Å². The molecule has 18 heavy (non-hydrogen) atoms. The molecule has 0 radical (unpaired) electrons. The van der Waals surface area contributed by atoms with E-state index in [0.29, 0.717) is 5.41 Å². The van der Waals surface area contributed by atoms with Crippen molar-refractivity contribution in [2.75, 3.05) is 26.2 Å². The van der Waals surface area contributed by atoms with E-state index in [-0.39, 0.29) is 0 Å². The Balaban J connectivity index is 1.60. The zero-order valence-corrected chi connectivity index (χ0v) is 12.1. The highest BCUT2D eigenvalue weighted by molar-refractivity contribution is 4.94. The first-order valence-corrected chi connectivity index (χ1v) is 8.26. The molecule has 1 spiro atoms. The molecule has 0 aromatic rings. The SMILES string of the molecule is CCC1CCC(N2CCCC3(CCCNC3)C2)C1. The number of rotatable bonds is 2. The number of piperidine rings is 2. The van der Waals surface area contributed by atoms with E-state index < -0.39 is 0 Å². The van der Waals surface area contributed by atoms with Crippen LogP contribution in [0.1, 0.15) is 58.3 Å². The van der Waals surface area contributed by atoms with Crippen LogP contribution in [0.4, 0.5) is 0 Å². The number of nitrogens with one attached hydrogen (secondary N) is 1. The van der Waals surface area contributed by atoms with E-state index in [1.165, 1.54) is 77.5 Å². The number of hydrogen-bond donors (Lipinski definition) is 1. The van der Waals surface area contributed by atoms with Gasteiger partial charge >= 0.3 is 0 Å². The van der Waals surface area contributed by atoms with Gasteiger partial charge in [-0.05, 0) is 69.4 Å². The Morgan fingerprint density at radius 1 is 1.22 bits per heavy atom. The Labute approximate surface area is 113 Å². The number of nitrogens with zero attached hydrogens (tertiary/aromatic N) is 1. The van der Waals surface area contributed by atoms with Crippen LogP contribution in [0.5, 0.6) is 0 Å². The van der Waals surface area contributed by atoms with Crippen LogP contribution in [0.2, 0.25) is 0 Å². The van der Waals surface area contributed by atoms with Gasteiger partial charge in [-0.15, -0.1) is 0 Å². The molecule has 0 aromatic carbocycles.